The number of hydrogen-bond donors (Lipinski definition) is 1. The summed E-state index contributed by atoms with van der Waals surface area (Å²) in [5, 5.41) is 22.8. The summed E-state index contributed by atoms with van der Waals surface area (Å²) < 4.78 is 5.63. The summed E-state index contributed by atoms with van der Waals surface area (Å²) in [6.45, 7) is 4.16. The van der Waals surface area contributed by atoms with Crippen LogP contribution in [0.3, 0.4) is 0 Å². The zero-order chi connectivity index (χ0) is 19.8. The molecule has 0 heterocycles. The van der Waals surface area contributed by atoms with Gasteiger partial charge in [0.25, 0.3) is 11.6 Å². The van der Waals surface area contributed by atoms with Gasteiger partial charge in [-0.15, -0.1) is 0 Å². The molecule has 138 valence electrons. The molecule has 2 aromatic carbocycles. The lowest BCUT2D eigenvalue weighted by Crippen LogP contribution is -2.14. The number of non-ortho nitro benzene ring substituents is 1. The second kappa shape index (κ2) is 9.15. The minimum absolute atomic E-state index is 0.0662. The van der Waals surface area contributed by atoms with E-state index in [1.807, 2.05) is 19.1 Å². The SMILES string of the molecule is CCCOc1ccccc1/C=C(\C#N)C(=O)Nc1ccc([N+](=O)[O-])cc1C. The molecule has 2 aromatic rings. The Balaban J connectivity index is 2.26. The molecular weight excluding hydrogens is 346 g/mol. The van der Waals surface area contributed by atoms with Gasteiger partial charge in [-0.1, -0.05) is 25.1 Å². The second-order valence-corrected chi connectivity index (χ2v) is 5.77. The number of nitrogens with one attached hydrogen (secondary N) is 1. The van der Waals surface area contributed by atoms with Crippen LogP contribution in [-0.4, -0.2) is 17.4 Å². The molecule has 27 heavy (non-hydrogen) atoms. The number of nitriles is 1. The van der Waals surface area contributed by atoms with Crippen LogP contribution in [0.1, 0.15) is 24.5 Å². The predicted molar refractivity (Wildman–Crippen MR) is 102 cm³/mol. The van der Waals surface area contributed by atoms with Crippen molar-refractivity contribution in [2.24, 2.45) is 0 Å². The molecule has 0 fully saturated rings. The highest BCUT2D eigenvalue weighted by molar-refractivity contribution is 6.10. The van der Waals surface area contributed by atoms with Crippen molar-refractivity contribution in [1.82, 2.24) is 0 Å². The molecule has 2 rings (SSSR count). The molecule has 0 unspecified atom stereocenters. The van der Waals surface area contributed by atoms with Gasteiger partial charge in [0, 0.05) is 23.4 Å². The van der Waals surface area contributed by atoms with Gasteiger partial charge in [-0.25, -0.2) is 0 Å². The van der Waals surface area contributed by atoms with E-state index in [4.69, 9.17) is 4.74 Å². The molecule has 0 atom stereocenters. The first-order valence-electron chi connectivity index (χ1n) is 8.36. The van der Waals surface area contributed by atoms with Crippen LogP contribution in [0.2, 0.25) is 0 Å². The van der Waals surface area contributed by atoms with Crippen molar-refractivity contribution in [3.8, 4) is 11.8 Å². The minimum Gasteiger partial charge on any atom is -0.493 e. The van der Waals surface area contributed by atoms with Gasteiger partial charge in [0.05, 0.1) is 11.5 Å². The fourth-order valence-electron chi connectivity index (χ4n) is 2.34. The molecule has 0 aliphatic rings. The van der Waals surface area contributed by atoms with E-state index in [1.165, 1.54) is 24.3 Å². The number of anilines is 1. The van der Waals surface area contributed by atoms with Crippen LogP contribution in [-0.2, 0) is 4.79 Å². The summed E-state index contributed by atoms with van der Waals surface area (Å²) in [5.41, 5.74) is 1.39. The van der Waals surface area contributed by atoms with Crippen LogP contribution in [0.5, 0.6) is 5.75 Å². The highest BCUT2D eigenvalue weighted by Gasteiger charge is 2.14. The van der Waals surface area contributed by atoms with Crippen LogP contribution in [0.4, 0.5) is 11.4 Å². The lowest BCUT2D eigenvalue weighted by atomic mass is 10.1. The van der Waals surface area contributed by atoms with Gasteiger partial charge < -0.3 is 10.1 Å². The Hall–Kier alpha value is -3.66. The van der Waals surface area contributed by atoms with Crippen LogP contribution < -0.4 is 10.1 Å². The number of para-hydroxylation sites is 1. The fourth-order valence-corrected chi connectivity index (χ4v) is 2.34. The standard InChI is InChI=1S/C20H19N3O4/c1-3-10-27-19-7-5-4-6-15(19)12-16(13-21)20(24)22-18-9-8-17(23(25)26)11-14(18)2/h4-9,11-12H,3,10H2,1-2H3,(H,22,24)/b16-12+. The lowest BCUT2D eigenvalue weighted by Gasteiger charge is -2.10. The highest BCUT2D eigenvalue weighted by Crippen LogP contribution is 2.24. The Morgan fingerprint density at radius 2 is 2.07 bits per heavy atom. The topological polar surface area (TPSA) is 105 Å². The summed E-state index contributed by atoms with van der Waals surface area (Å²) in [7, 11) is 0. The molecule has 0 saturated carbocycles. The summed E-state index contributed by atoms with van der Waals surface area (Å²) in [6.07, 6.45) is 2.30. The predicted octanol–water partition coefficient (Wildman–Crippen LogP) is 4.24. The van der Waals surface area contributed by atoms with Crippen molar-refractivity contribution in [3.63, 3.8) is 0 Å². The molecule has 7 nitrogen and oxygen atoms in total. The highest BCUT2D eigenvalue weighted by atomic mass is 16.6. The van der Waals surface area contributed by atoms with Crippen molar-refractivity contribution in [3.05, 3.63) is 69.3 Å². The molecular formula is C20H19N3O4. The van der Waals surface area contributed by atoms with E-state index in [9.17, 15) is 20.2 Å². The largest absolute Gasteiger partial charge is 0.493 e. The summed E-state index contributed by atoms with van der Waals surface area (Å²) >= 11 is 0. The molecule has 0 aromatic heterocycles. The summed E-state index contributed by atoms with van der Waals surface area (Å²) in [4.78, 5) is 22.8. The van der Waals surface area contributed by atoms with Gasteiger partial charge in [-0.3, -0.25) is 14.9 Å². The van der Waals surface area contributed by atoms with E-state index < -0.39 is 10.8 Å². The molecule has 0 spiro atoms. The maximum absolute atomic E-state index is 12.5. The minimum atomic E-state index is -0.597. The zero-order valence-corrected chi connectivity index (χ0v) is 15.1. The first-order valence-corrected chi connectivity index (χ1v) is 8.36. The molecule has 7 heteroatoms. The molecule has 0 bridgehead atoms. The van der Waals surface area contributed by atoms with Crippen LogP contribution in [0, 0.1) is 28.4 Å². The number of aryl methyl sites for hydroxylation is 1. The average molecular weight is 365 g/mol. The number of ether oxygens (including phenoxy) is 1. The van der Waals surface area contributed by atoms with E-state index in [1.54, 1.807) is 25.1 Å². The van der Waals surface area contributed by atoms with Gasteiger partial charge in [0.1, 0.15) is 17.4 Å². The zero-order valence-electron chi connectivity index (χ0n) is 15.1. The van der Waals surface area contributed by atoms with Gasteiger partial charge in [0.15, 0.2) is 0 Å². The maximum atomic E-state index is 12.5. The van der Waals surface area contributed by atoms with E-state index >= 15 is 0 Å². The van der Waals surface area contributed by atoms with Crippen molar-refractivity contribution < 1.29 is 14.5 Å². The average Bonchev–Trinajstić information content (AvgIpc) is 2.66. The summed E-state index contributed by atoms with van der Waals surface area (Å²) in [6, 6.07) is 13.1. The molecule has 0 aliphatic heterocycles. The molecule has 0 saturated heterocycles. The first kappa shape index (κ1) is 19.7. The fraction of sp³-hybridized carbons (Fsp3) is 0.200. The third kappa shape index (κ3) is 5.16. The number of nitro benzene ring substituents is 1. The Morgan fingerprint density at radius 3 is 2.70 bits per heavy atom. The Kier molecular flexibility index (Phi) is 6.67. The van der Waals surface area contributed by atoms with Crippen LogP contribution in [0.25, 0.3) is 6.08 Å². The summed E-state index contributed by atoms with van der Waals surface area (Å²) in [5.74, 6) is -0.00818. The number of amides is 1. The molecule has 1 amide bonds. The normalized spacial score (nSPS) is 10.8. The molecule has 0 aliphatic carbocycles. The quantitative estimate of drug-likeness (QED) is 0.342. The Morgan fingerprint density at radius 1 is 1.33 bits per heavy atom. The maximum Gasteiger partial charge on any atom is 0.269 e. The van der Waals surface area contributed by atoms with Crippen LogP contribution in [0.15, 0.2) is 48.0 Å². The number of carbonyl (C=O) groups is 1. The third-order valence-electron chi connectivity index (χ3n) is 3.71. The van der Waals surface area contributed by atoms with E-state index in [0.29, 0.717) is 29.2 Å². The van der Waals surface area contributed by atoms with Gasteiger partial charge in [-0.05, 0) is 37.1 Å². The number of carbonyl (C=O) groups excluding carboxylic acids is 1. The number of nitro groups is 1. The molecule has 0 radical (unpaired) electrons. The second-order valence-electron chi connectivity index (χ2n) is 5.77. The van der Waals surface area contributed by atoms with E-state index in [0.717, 1.165) is 6.42 Å². The first-order chi connectivity index (χ1) is 13.0. The number of benzene rings is 2. The van der Waals surface area contributed by atoms with Gasteiger partial charge in [-0.2, -0.15) is 5.26 Å². The third-order valence-corrected chi connectivity index (χ3v) is 3.71. The number of hydrogen-bond acceptors (Lipinski definition) is 5. The van der Waals surface area contributed by atoms with Gasteiger partial charge >= 0.3 is 0 Å². The Bertz CT molecular complexity index is 929. The Labute approximate surface area is 157 Å². The van der Waals surface area contributed by atoms with E-state index in [-0.39, 0.29) is 11.3 Å². The van der Waals surface area contributed by atoms with E-state index in [2.05, 4.69) is 5.32 Å². The number of rotatable bonds is 7. The van der Waals surface area contributed by atoms with Crippen molar-refractivity contribution in [2.75, 3.05) is 11.9 Å². The van der Waals surface area contributed by atoms with Crippen molar-refractivity contribution >= 4 is 23.4 Å². The monoisotopic (exact) mass is 365 g/mol. The lowest BCUT2D eigenvalue weighted by molar-refractivity contribution is -0.384. The molecule has 1 N–H and O–H groups in total. The van der Waals surface area contributed by atoms with Crippen molar-refractivity contribution in [1.29, 1.82) is 5.26 Å². The van der Waals surface area contributed by atoms with Gasteiger partial charge in [0.2, 0.25) is 0 Å². The number of nitrogens with zero attached hydrogens (tertiary/aromatic N) is 2. The smallest absolute Gasteiger partial charge is 0.269 e. The van der Waals surface area contributed by atoms with Crippen LogP contribution >= 0.6 is 0 Å². The van der Waals surface area contributed by atoms with Crippen molar-refractivity contribution in [2.45, 2.75) is 20.3 Å².